The van der Waals surface area contributed by atoms with Gasteiger partial charge in [0, 0.05) is 12.8 Å². The zero-order valence-electron chi connectivity index (χ0n) is 13.2. The highest BCUT2D eigenvalue weighted by atomic mass is 19.4. The predicted octanol–water partition coefficient (Wildman–Crippen LogP) is 4.27. The van der Waals surface area contributed by atoms with Crippen molar-refractivity contribution in [3.05, 3.63) is 11.4 Å². The molecule has 3 atom stereocenters. The number of ether oxygens (including phenoxy) is 1. The van der Waals surface area contributed by atoms with Gasteiger partial charge in [-0.3, -0.25) is 9.64 Å². The van der Waals surface area contributed by atoms with Crippen LogP contribution < -0.4 is 0 Å². The normalized spacial score (nSPS) is 24.1. The summed E-state index contributed by atoms with van der Waals surface area (Å²) in [6, 6.07) is 1.78. The number of esters is 1. The van der Waals surface area contributed by atoms with E-state index in [9.17, 15) is 23.2 Å². The Morgan fingerprint density at radius 2 is 2.09 bits per heavy atom. The van der Waals surface area contributed by atoms with Crippen molar-refractivity contribution < 1.29 is 22.7 Å². The summed E-state index contributed by atoms with van der Waals surface area (Å²) in [7, 11) is 0. The molecule has 0 N–H and O–H groups in total. The zero-order valence-corrected chi connectivity index (χ0v) is 13.2. The van der Waals surface area contributed by atoms with Crippen molar-refractivity contribution >= 4 is 5.97 Å². The van der Waals surface area contributed by atoms with Gasteiger partial charge in [-0.1, -0.05) is 12.8 Å². The van der Waals surface area contributed by atoms with Crippen LogP contribution >= 0.6 is 0 Å². The van der Waals surface area contributed by atoms with Gasteiger partial charge in [0.05, 0.1) is 18.9 Å². The summed E-state index contributed by atoms with van der Waals surface area (Å²) in [5.74, 6) is -0.670. The first-order valence-electron chi connectivity index (χ1n) is 7.78. The fourth-order valence-electron chi connectivity index (χ4n) is 3.11. The Morgan fingerprint density at radius 1 is 1.39 bits per heavy atom. The van der Waals surface area contributed by atoms with E-state index in [4.69, 9.17) is 11.3 Å². The number of carbonyl (C=O) groups excluding carboxylic acids is 1. The number of alkyl halides is 3. The number of hydrogen-bond donors (Lipinski definition) is 0. The molecule has 128 valence electrons. The second-order valence-electron chi connectivity index (χ2n) is 6.06. The third kappa shape index (κ3) is 6.09. The molecule has 0 aromatic carbocycles. The van der Waals surface area contributed by atoms with E-state index in [1.807, 2.05) is 0 Å². The Morgan fingerprint density at radius 3 is 2.61 bits per heavy atom. The topological polar surface area (TPSA) is 54.5 Å². The SMILES string of the molecule is [C-]#[N+]C(C#N)(CCC(F)(F)F)C[C@H]1CCC[C@@H](C(=O)OCC)C1. The van der Waals surface area contributed by atoms with Crippen LogP contribution in [0.4, 0.5) is 13.2 Å². The standard InChI is InChI=1S/C16H21F3N2O2/c1-3-23-14(22)13-6-4-5-12(9-13)10-15(11-20,21-2)7-8-16(17,18)19/h12-13H,3-10H2,1H3/t12-,13+,15?/m0/s1. The van der Waals surface area contributed by atoms with Gasteiger partial charge in [0.2, 0.25) is 0 Å². The molecule has 0 saturated heterocycles. The van der Waals surface area contributed by atoms with Crippen molar-refractivity contribution in [2.24, 2.45) is 11.8 Å². The smallest absolute Gasteiger partial charge is 0.389 e. The van der Waals surface area contributed by atoms with Crippen LogP contribution in [0.1, 0.15) is 51.9 Å². The van der Waals surface area contributed by atoms with Gasteiger partial charge in [-0.2, -0.15) is 18.4 Å². The number of rotatable bonds is 6. The van der Waals surface area contributed by atoms with Crippen molar-refractivity contribution in [2.75, 3.05) is 6.61 Å². The maximum absolute atomic E-state index is 12.4. The first kappa shape index (κ1) is 19.3. The second-order valence-corrected chi connectivity index (χ2v) is 6.06. The Hall–Kier alpha value is -1.76. The van der Waals surface area contributed by atoms with Gasteiger partial charge in [0.15, 0.2) is 6.07 Å². The predicted molar refractivity (Wildman–Crippen MR) is 76.9 cm³/mol. The van der Waals surface area contributed by atoms with E-state index in [2.05, 4.69) is 4.85 Å². The molecule has 4 nitrogen and oxygen atoms in total. The fraction of sp³-hybridized carbons (Fsp3) is 0.812. The average molecular weight is 330 g/mol. The molecule has 0 radical (unpaired) electrons. The Labute approximate surface area is 134 Å². The maximum atomic E-state index is 12.4. The van der Waals surface area contributed by atoms with Crippen LogP contribution in [0.25, 0.3) is 4.85 Å². The molecule has 0 aromatic rings. The second kappa shape index (κ2) is 8.19. The molecule has 0 spiro atoms. The first-order chi connectivity index (χ1) is 10.7. The van der Waals surface area contributed by atoms with Gasteiger partial charge >= 0.3 is 17.7 Å². The summed E-state index contributed by atoms with van der Waals surface area (Å²) in [5, 5.41) is 9.24. The van der Waals surface area contributed by atoms with Crippen LogP contribution in [-0.2, 0) is 9.53 Å². The molecule has 1 fully saturated rings. The van der Waals surface area contributed by atoms with Crippen LogP contribution in [0.15, 0.2) is 0 Å². The maximum Gasteiger partial charge on any atom is 0.389 e. The third-order valence-corrected chi connectivity index (χ3v) is 4.27. The molecule has 1 unspecified atom stereocenters. The Bertz CT molecular complexity index is 477. The average Bonchev–Trinajstić information content (AvgIpc) is 2.51. The molecule has 0 bridgehead atoms. The summed E-state index contributed by atoms with van der Waals surface area (Å²) in [6.45, 7) is 9.18. The van der Waals surface area contributed by atoms with Gasteiger partial charge in [0.1, 0.15) is 0 Å². The van der Waals surface area contributed by atoms with Gasteiger partial charge < -0.3 is 4.74 Å². The largest absolute Gasteiger partial charge is 0.466 e. The van der Waals surface area contributed by atoms with E-state index >= 15 is 0 Å². The van der Waals surface area contributed by atoms with Gasteiger partial charge in [0.25, 0.3) is 0 Å². The van der Waals surface area contributed by atoms with Gasteiger partial charge in [-0.05, 0) is 25.7 Å². The van der Waals surface area contributed by atoms with Crippen molar-refractivity contribution in [3.8, 4) is 6.07 Å². The zero-order chi connectivity index (χ0) is 17.5. The van der Waals surface area contributed by atoms with E-state index < -0.39 is 24.6 Å². The highest BCUT2D eigenvalue weighted by Crippen LogP contribution is 2.39. The first-order valence-corrected chi connectivity index (χ1v) is 7.78. The van der Waals surface area contributed by atoms with Gasteiger partial charge in [-0.25, -0.2) is 6.57 Å². The van der Waals surface area contributed by atoms with Crippen molar-refractivity contribution in [1.82, 2.24) is 0 Å². The van der Waals surface area contributed by atoms with E-state index in [0.29, 0.717) is 12.8 Å². The van der Waals surface area contributed by atoms with Crippen LogP contribution in [-0.4, -0.2) is 24.3 Å². The highest BCUT2D eigenvalue weighted by Gasteiger charge is 2.44. The number of nitrogens with zero attached hydrogens (tertiary/aromatic N) is 2. The van der Waals surface area contributed by atoms with Crippen molar-refractivity contribution in [1.29, 1.82) is 5.26 Å². The molecule has 23 heavy (non-hydrogen) atoms. The summed E-state index contributed by atoms with van der Waals surface area (Å²) >= 11 is 0. The molecule has 0 heterocycles. The lowest BCUT2D eigenvalue weighted by Gasteiger charge is -2.29. The number of carbonyl (C=O) groups is 1. The molecule has 1 saturated carbocycles. The van der Waals surface area contributed by atoms with Gasteiger partial charge in [-0.15, -0.1) is 0 Å². The number of halogens is 3. The molecule has 1 rings (SSSR count). The molecular weight excluding hydrogens is 309 g/mol. The molecule has 1 aliphatic carbocycles. The van der Waals surface area contributed by atoms with Crippen molar-refractivity contribution in [2.45, 2.75) is 63.6 Å². The minimum atomic E-state index is -4.38. The minimum Gasteiger partial charge on any atom is -0.466 e. The number of nitriles is 1. The van der Waals surface area contributed by atoms with Crippen LogP contribution in [0.3, 0.4) is 0 Å². The molecule has 0 amide bonds. The lowest BCUT2D eigenvalue weighted by atomic mass is 9.74. The lowest BCUT2D eigenvalue weighted by molar-refractivity contribution is -0.149. The molecule has 7 heteroatoms. The molecule has 0 aromatic heterocycles. The fourth-order valence-corrected chi connectivity index (χ4v) is 3.11. The Balaban J connectivity index is 2.71. The minimum absolute atomic E-state index is 0.0823. The summed E-state index contributed by atoms with van der Waals surface area (Å²) < 4.78 is 42.2. The monoisotopic (exact) mass is 330 g/mol. The van der Waals surface area contributed by atoms with Crippen molar-refractivity contribution in [3.63, 3.8) is 0 Å². The molecule has 1 aliphatic rings. The van der Waals surface area contributed by atoms with Crippen LogP contribution in [0.2, 0.25) is 0 Å². The summed E-state index contributed by atoms with van der Waals surface area (Å²) in [5.41, 5.74) is -1.66. The quantitative estimate of drug-likeness (QED) is 0.540. The van der Waals surface area contributed by atoms with E-state index in [0.717, 1.165) is 12.8 Å². The highest BCUT2D eigenvalue weighted by molar-refractivity contribution is 5.72. The van der Waals surface area contributed by atoms with E-state index in [1.165, 1.54) is 0 Å². The lowest BCUT2D eigenvalue weighted by Crippen LogP contribution is -2.32. The van der Waals surface area contributed by atoms with E-state index in [1.54, 1.807) is 13.0 Å². The van der Waals surface area contributed by atoms with Crippen LogP contribution in [0, 0.1) is 29.7 Å². The summed E-state index contributed by atoms with van der Waals surface area (Å²) in [6.07, 6.45) is -3.31. The summed E-state index contributed by atoms with van der Waals surface area (Å²) in [4.78, 5) is 15.0. The molecule has 0 aliphatic heterocycles. The van der Waals surface area contributed by atoms with E-state index in [-0.39, 0.29) is 30.8 Å². The Kier molecular flexibility index (Phi) is 6.87. The molecular formula is C16H21F3N2O2. The third-order valence-electron chi connectivity index (χ3n) is 4.27. The van der Waals surface area contributed by atoms with Crippen LogP contribution in [0.5, 0.6) is 0 Å². The number of hydrogen-bond acceptors (Lipinski definition) is 3.